The largest absolute Gasteiger partial charge is 0.366 e. The molecule has 220 valence electrons. The van der Waals surface area contributed by atoms with Crippen molar-refractivity contribution in [2.75, 3.05) is 10.2 Å². The molecule has 0 radical (unpaired) electrons. The molecule has 1 fully saturated rings. The van der Waals surface area contributed by atoms with Crippen LogP contribution in [0.2, 0.25) is 0 Å². The zero-order valence-electron chi connectivity index (χ0n) is 23.7. The van der Waals surface area contributed by atoms with Gasteiger partial charge in [-0.3, -0.25) is 24.0 Å². The number of hydrogen-bond acceptors (Lipinski definition) is 6. The average Bonchev–Trinajstić information content (AvgIpc) is 3.30. The number of amides is 5. The van der Waals surface area contributed by atoms with E-state index in [0.29, 0.717) is 16.9 Å². The third-order valence-corrected chi connectivity index (χ3v) is 8.02. The summed E-state index contributed by atoms with van der Waals surface area (Å²) < 4.78 is 0. The number of carbonyl (C=O) groups is 5. The van der Waals surface area contributed by atoms with E-state index in [9.17, 15) is 24.0 Å². The van der Waals surface area contributed by atoms with Gasteiger partial charge in [-0.05, 0) is 79.2 Å². The van der Waals surface area contributed by atoms with Crippen LogP contribution in [0.5, 0.6) is 0 Å². The Hall–Kier alpha value is -5.48. The van der Waals surface area contributed by atoms with Crippen LogP contribution in [0, 0.1) is 6.92 Å². The lowest BCUT2D eigenvalue weighted by Gasteiger charge is -2.15. The van der Waals surface area contributed by atoms with Gasteiger partial charge in [0.2, 0.25) is 17.7 Å². The minimum absolute atomic E-state index is 0.0217. The Labute approximate surface area is 258 Å². The van der Waals surface area contributed by atoms with Crippen LogP contribution in [0.1, 0.15) is 38.3 Å². The molecule has 0 saturated carbocycles. The van der Waals surface area contributed by atoms with Crippen molar-refractivity contribution in [1.82, 2.24) is 5.32 Å². The summed E-state index contributed by atoms with van der Waals surface area (Å²) in [6.07, 6.45) is 1.63. The fourth-order valence-electron chi connectivity index (χ4n) is 4.49. The fourth-order valence-corrected chi connectivity index (χ4v) is 5.55. The molecule has 1 aliphatic rings. The molecular formula is C34H28N4O5S. The highest BCUT2D eigenvalue weighted by atomic mass is 32.2. The number of nitrogens with two attached hydrogens (primary N) is 1. The zero-order chi connectivity index (χ0) is 31.2. The van der Waals surface area contributed by atoms with Crippen molar-refractivity contribution in [2.45, 2.75) is 23.5 Å². The van der Waals surface area contributed by atoms with Gasteiger partial charge in [-0.25, -0.2) is 4.90 Å². The van der Waals surface area contributed by atoms with Crippen LogP contribution in [0.3, 0.4) is 0 Å². The number of carbonyl (C=O) groups excluding carboxylic acids is 5. The zero-order valence-corrected chi connectivity index (χ0v) is 24.5. The number of imide groups is 1. The SMILES string of the molecule is Cc1ccc(/C=C(\NC(=O)c2ccccc2)C(=O)Nc2ccc(SC3CC(=O)N(c4ccc(C(N)=O)cc4)C3=O)cc2)cc1. The van der Waals surface area contributed by atoms with Gasteiger partial charge in [-0.2, -0.15) is 0 Å². The van der Waals surface area contributed by atoms with Crippen LogP contribution >= 0.6 is 11.8 Å². The summed E-state index contributed by atoms with van der Waals surface area (Å²) in [6, 6.07) is 29.0. The van der Waals surface area contributed by atoms with Crippen molar-refractivity contribution in [3.05, 3.63) is 131 Å². The van der Waals surface area contributed by atoms with Gasteiger partial charge in [0, 0.05) is 28.1 Å². The number of thioether (sulfide) groups is 1. The van der Waals surface area contributed by atoms with Gasteiger partial charge in [0.15, 0.2) is 0 Å². The van der Waals surface area contributed by atoms with Crippen molar-refractivity contribution in [3.8, 4) is 0 Å². The molecule has 1 aliphatic heterocycles. The molecule has 10 heteroatoms. The van der Waals surface area contributed by atoms with E-state index in [1.807, 2.05) is 31.2 Å². The second-order valence-electron chi connectivity index (χ2n) is 10.1. The van der Waals surface area contributed by atoms with Crippen molar-refractivity contribution in [3.63, 3.8) is 0 Å². The molecule has 1 heterocycles. The molecule has 0 spiro atoms. The molecule has 5 amide bonds. The third-order valence-electron chi connectivity index (χ3n) is 6.82. The minimum Gasteiger partial charge on any atom is -0.366 e. The predicted molar refractivity (Wildman–Crippen MR) is 170 cm³/mol. The van der Waals surface area contributed by atoms with Gasteiger partial charge in [0.05, 0.1) is 10.9 Å². The summed E-state index contributed by atoms with van der Waals surface area (Å²) in [7, 11) is 0. The van der Waals surface area contributed by atoms with Crippen molar-refractivity contribution in [2.24, 2.45) is 5.73 Å². The second kappa shape index (κ2) is 13.2. The Morgan fingerprint density at radius 2 is 1.50 bits per heavy atom. The van der Waals surface area contributed by atoms with E-state index in [-0.39, 0.29) is 29.5 Å². The number of anilines is 2. The number of nitrogens with one attached hydrogen (secondary N) is 2. The number of nitrogens with zero attached hydrogens (tertiary/aromatic N) is 1. The van der Waals surface area contributed by atoms with Crippen molar-refractivity contribution < 1.29 is 24.0 Å². The maximum absolute atomic E-state index is 13.3. The first-order chi connectivity index (χ1) is 21.2. The van der Waals surface area contributed by atoms with Crippen LogP contribution in [0.4, 0.5) is 11.4 Å². The standard InChI is InChI=1S/C34H28N4O5S/c1-21-7-9-22(10-8-21)19-28(37-32(41)24-5-3-2-4-6-24)33(42)36-25-13-17-27(18-14-25)44-29-20-30(39)38(34(29)43)26-15-11-23(12-16-26)31(35)40/h2-19,29H,20H2,1H3,(H2,35,40)(H,36,42)(H,37,41)/b28-19-. The van der Waals surface area contributed by atoms with Gasteiger partial charge in [0.1, 0.15) is 5.70 Å². The van der Waals surface area contributed by atoms with E-state index in [1.54, 1.807) is 60.7 Å². The highest BCUT2D eigenvalue weighted by Gasteiger charge is 2.40. The summed E-state index contributed by atoms with van der Waals surface area (Å²) in [4.78, 5) is 65.1. The van der Waals surface area contributed by atoms with Crippen LogP contribution < -0.4 is 21.3 Å². The highest BCUT2D eigenvalue weighted by Crippen LogP contribution is 2.34. The smallest absolute Gasteiger partial charge is 0.272 e. The third kappa shape index (κ3) is 7.11. The normalized spacial score (nSPS) is 14.8. The number of aryl methyl sites for hydroxylation is 1. The predicted octanol–water partition coefficient (Wildman–Crippen LogP) is 4.93. The van der Waals surface area contributed by atoms with Crippen LogP contribution in [-0.4, -0.2) is 34.8 Å². The number of rotatable bonds is 9. The summed E-state index contributed by atoms with van der Waals surface area (Å²) in [5.41, 5.74) is 8.70. The van der Waals surface area contributed by atoms with E-state index in [1.165, 1.54) is 36.0 Å². The second-order valence-corrected chi connectivity index (χ2v) is 11.3. The average molecular weight is 605 g/mol. The van der Waals surface area contributed by atoms with E-state index in [4.69, 9.17) is 5.73 Å². The Morgan fingerprint density at radius 1 is 0.841 bits per heavy atom. The van der Waals surface area contributed by atoms with Gasteiger partial charge in [0.25, 0.3) is 11.8 Å². The van der Waals surface area contributed by atoms with E-state index < -0.39 is 23.0 Å². The first kappa shape index (κ1) is 30.0. The molecule has 0 bridgehead atoms. The Bertz CT molecular complexity index is 1750. The van der Waals surface area contributed by atoms with Crippen LogP contribution in [0.15, 0.2) is 114 Å². The monoisotopic (exact) mass is 604 g/mol. The van der Waals surface area contributed by atoms with E-state index in [0.717, 1.165) is 20.9 Å². The van der Waals surface area contributed by atoms with Gasteiger partial charge in [-0.1, -0.05) is 48.0 Å². The molecule has 4 N–H and O–H groups in total. The quantitative estimate of drug-likeness (QED) is 0.183. The number of hydrogen-bond donors (Lipinski definition) is 3. The molecule has 1 unspecified atom stereocenters. The lowest BCUT2D eigenvalue weighted by molar-refractivity contribution is -0.121. The Morgan fingerprint density at radius 3 is 2.14 bits per heavy atom. The maximum atomic E-state index is 13.3. The highest BCUT2D eigenvalue weighted by molar-refractivity contribution is 8.00. The molecule has 1 atom stereocenters. The van der Waals surface area contributed by atoms with Gasteiger partial charge >= 0.3 is 0 Å². The molecule has 44 heavy (non-hydrogen) atoms. The summed E-state index contributed by atoms with van der Waals surface area (Å²) in [6.45, 7) is 1.96. The number of primary amides is 1. The van der Waals surface area contributed by atoms with Crippen LogP contribution in [0.25, 0.3) is 6.08 Å². The summed E-state index contributed by atoms with van der Waals surface area (Å²) >= 11 is 1.25. The number of benzene rings is 4. The summed E-state index contributed by atoms with van der Waals surface area (Å²) in [5, 5.41) is 4.91. The van der Waals surface area contributed by atoms with Gasteiger partial charge < -0.3 is 16.4 Å². The van der Waals surface area contributed by atoms with E-state index >= 15 is 0 Å². The molecule has 4 aromatic carbocycles. The first-order valence-corrected chi connectivity index (χ1v) is 14.6. The molecular weight excluding hydrogens is 576 g/mol. The minimum atomic E-state index is -0.629. The maximum Gasteiger partial charge on any atom is 0.272 e. The van der Waals surface area contributed by atoms with Crippen molar-refractivity contribution in [1.29, 1.82) is 0 Å². The first-order valence-electron chi connectivity index (χ1n) is 13.7. The molecule has 0 aromatic heterocycles. The summed E-state index contributed by atoms with van der Waals surface area (Å²) in [5.74, 6) is -2.22. The molecule has 5 rings (SSSR count). The Kier molecular flexibility index (Phi) is 9.01. The lowest BCUT2D eigenvalue weighted by atomic mass is 10.1. The topological polar surface area (TPSA) is 139 Å². The van der Waals surface area contributed by atoms with E-state index in [2.05, 4.69) is 10.6 Å². The van der Waals surface area contributed by atoms with Gasteiger partial charge in [-0.15, -0.1) is 11.8 Å². The fraction of sp³-hybridized carbons (Fsp3) is 0.0882. The van der Waals surface area contributed by atoms with Crippen molar-refractivity contribution >= 4 is 58.7 Å². The molecule has 9 nitrogen and oxygen atoms in total. The molecule has 1 saturated heterocycles. The Balaban J connectivity index is 1.26. The molecule has 0 aliphatic carbocycles. The van der Waals surface area contributed by atoms with Crippen LogP contribution in [-0.2, 0) is 14.4 Å². The lowest BCUT2D eigenvalue weighted by Crippen LogP contribution is -2.31. The molecule has 4 aromatic rings.